The molecular formula is C23H23F3N4O3. The lowest BCUT2D eigenvalue weighted by Crippen LogP contribution is -2.20. The number of fused-ring (bicyclic) bond motifs is 1. The van der Waals surface area contributed by atoms with E-state index in [2.05, 4.69) is 15.4 Å². The largest absolute Gasteiger partial charge is 0.433 e. The molecule has 2 N–H and O–H groups in total. The van der Waals surface area contributed by atoms with Gasteiger partial charge in [-0.15, -0.1) is 0 Å². The molecular weight excluding hydrogens is 437 g/mol. The van der Waals surface area contributed by atoms with Crippen LogP contribution in [0.3, 0.4) is 0 Å². The van der Waals surface area contributed by atoms with Crippen LogP contribution < -0.4 is 5.32 Å². The fourth-order valence-electron chi connectivity index (χ4n) is 4.17. The third-order valence-corrected chi connectivity index (χ3v) is 6.01. The van der Waals surface area contributed by atoms with E-state index in [-0.39, 0.29) is 29.7 Å². The number of carbonyl (C=O) groups excluding carboxylic acids is 2. The number of hydrogen-bond donors (Lipinski definition) is 2. The fourth-order valence-corrected chi connectivity index (χ4v) is 4.17. The van der Waals surface area contributed by atoms with Crippen LogP contribution in [0.5, 0.6) is 0 Å². The minimum Gasteiger partial charge on any atom is -0.396 e. The summed E-state index contributed by atoms with van der Waals surface area (Å²) in [5.41, 5.74) is -0.607. The number of Topliss-reactive ketones (excluding diaryl/α,β-unsaturated/α-hetero) is 1. The molecule has 0 radical (unpaired) electrons. The summed E-state index contributed by atoms with van der Waals surface area (Å²) in [5, 5.41) is 17.2. The van der Waals surface area contributed by atoms with Gasteiger partial charge in [0.2, 0.25) is 0 Å². The van der Waals surface area contributed by atoms with Crippen molar-refractivity contribution in [3.8, 4) is 0 Å². The highest BCUT2D eigenvalue weighted by Crippen LogP contribution is 2.33. The summed E-state index contributed by atoms with van der Waals surface area (Å²) in [4.78, 5) is 28.2. The normalized spacial score (nSPS) is 18.9. The Morgan fingerprint density at radius 2 is 1.91 bits per heavy atom. The second kappa shape index (κ2) is 8.93. The molecule has 2 heterocycles. The molecule has 1 saturated carbocycles. The van der Waals surface area contributed by atoms with Crippen molar-refractivity contribution in [2.75, 3.05) is 11.9 Å². The van der Waals surface area contributed by atoms with Gasteiger partial charge in [-0.1, -0.05) is 6.07 Å². The van der Waals surface area contributed by atoms with E-state index in [1.807, 2.05) is 10.9 Å². The van der Waals surface area contributed by atoms with E-state index in [4.69, 9.17) is 0 Å². The van der Waals surface area contributed by atoms with E-state index in [0.717, 1.165) is 37.8 Å². The minimum atomic E-state index is -4.68. The highest BCUT2D eigenvalue weighted by molar-refractivity contribution is 6.10. The highest BCUT2D eigenvalue weighted by Gasteiger charge is 2.33. The number of anilines is 1. The van der Waals surface area contributed by atoms with Gasteiger partial charge in [-0.25, -0.2) is 4.98 Å². The van der Waals surface area contributed by atoms with Crippen molar-refractivity contribution in [3.63, 3.8) is 0 Å². The van der Waals surface area contributed by atoms with Crippen LogP contribution in [-0.2, 0) is 6.18 Å². The van der Waals surface area contributed by atoms with E-state index in [9.17, 15) is 27.9 Å². The van der Waals surface area contributed by atoms with Crippen molar-refractivity contribution in [2.24, 2.45) is 5.92 Å². The molecule has 0 saturated heterocycles. The zero-order chi connectivity index (χ0) is 23.8. The lowest BCUT2D eigenvalue weighted by atomic mass is 9.87. The Kier molecular flexibility index (Phi) is 6.20. The molecule has 7 nitrogen and oxygen atoms in total. The van der Waals surface area contributed by atoms with Gasteiger partial charge < -0.3 is 10.4 Å². The first kappa shape index (κ1) is 22.9. The molecule has 1 aliphatic rings. The van der Waals surface area contributed by atoms with Crippen LogP contribution in [-0.4, -0.2) is 38.2 Å². The van der Waals surface area contributed by atoms with Gasteiger partial charge >= 0.3 is 6.18 Å². The topological polar surface area (TPSA) is 97.1 Å². The molecule has 0 spiro atoms. The number of aliphatic hydroxyl groups excluding tert-OH is 1. The van der Waals surface area contributed by atoms with Crippen molar-refractivity contribution in [2.45, 2.75) is 44.8 Å². The number of amides is 1. The van der Waals surface area contributed by atoms with Crippen molar-refractivity contribution in [3.05, 3.63) is 53.5 Å². The Balaban J connectivity index is 1.62. The number of alkyl halides is 3. The molecule has 3 aromatic rings. The zero-order valence-corrected chi connectivity index (χ0v) is 17.9. The average Bonchev–Trinajstić information content (AvgIpc) is 3.21. The van der Waals surface area contributed by atoms with E-state index in [1.54, 1.807) is 12.1 Å². The van der Waals surface area contributed by atoms with Gasteiger partial charge in [0.1, 0.15) is 11.4 Å². The van der Waals surface area contributed by atoms with Crippen LogP contribution in [0.25, 0.3) is 10.9 Å². The number of benzene rings is 1. The number of aromatic nitrogens is 3. The number of nitrogens with one attached hydrogen (secondary N) is 1. The Morgan fingerprint density at radius 3 is 2.55 bits per heavy atom. The van der Waals surface area contributed by atoms with Crippen LogP contribution in [0.4, 0.5) is 18.9 Å². The van der Waals surface area contributed by atoms with Crippen molar-refractivity contribution < 1.29 is 27.9 Å². The third-order valence-electron chi connectivity index (χ3n) is 6.01. The maximum Gasteiger partial charge on any atom is 0.433 e. The van der Waals surface area contributed by atoms with Gasteiger partial charge in [0, 0.05) is 23.8 Å². The number of rotatable bonds is 5. The van der Waals surface area contributed by atoms with Crippen LogP contribution in [0, 0.1) is 5.92 Å². The molecule has 10 heteroatoms. The van der Waals surface area contributed by atoms with Gasteiger partial charge in [0.25, 0.3) is 5.91 Å². The molecule has 33 heavy (non-hydrogen) atoms. The summed E-state index contributed by atoms with van der Waals surface area (Å²) in [7, 11) is 0. The molecule has 0 bridgehead atoms. The zero-order valence-electron chi connectivity index (χ0n) is 17.9. The summed E-state index contributed by atoms with van der Waals surface area (Å²) in [6, 6.07) is 6.41. The third kappa shape index (κ3) is 4.90. The van der Waals surface area contributed by atoms with Crippen LogP contribution in [0.1, 0.15) is 65.2 Å². The molecule has 1 aliphatic carbocycles. The van der Waals surface area contributed by atoms with Gasteiger partial charge in [0.05, 0.1) is 17.2 Å². The SMILES string of the molecule is CC(=O)c1cc2nn(C3CCC(CO)CC3)cc2cc1NC(=O)c1cccc(C(F)(F)F)n1. The quantitative estimate of drug-likeness (QED) is 0.541. The van der Waals surface area contributed by atoms with Gasteiger partial charge in [0.15, 0.2) is 5.78 Å². The molecule has 0 aliphatic heterocycles. The molecule has 1 fully saturated rings. The first-order valence-corrected chi connectivity index (χ1v) is 10.7. The molecule has 174 valence electrons. The molecule has 0 atom stereocenters. The van der Waals surface area contributed by atoms with Gasteiger partial charge in [-0.2, -0.15) is 18.3 Å². The summed E-state index contributed by atoms with van der Waals surface area (Å²) < 4.78 is 40.7. The Hall–Kier alpha value is -3.27. The van der Waals surface area contributed by atoms with E-state index >= 15 is 0 Å². The Bertz CT molecular complexity index is 1200. The van der Waals surface area contributed by atoms with Crippen molar-refractivity contribution in [1.82, 2.24) is 14.8 Å². The average molecular weight is 460 g/mol. The minimum absolute atomic E-state index is 0.174. The summed E-state index contributed by atoms with van der Waals surface area (Å²) in [5.74, 6) is -0.860. The monoisotopic (exact) mass is 460 g/mol. The Labute approximate surface area is 187 Å². The molecule has 4 rings (SSSR count). The maximum atomic E-state index is 12.9. The number of aliphatic hydroxyl groups is 1. The summed E-state index contributed by atoms with van der Waals surface area (Å²) >= 11 is 0. The van der Waals surface area contributed by atoms with Crippen LogP contribution >= 0.6 is 0 Å². The standard InChI is InChI=1S/C23H23F3N4O3/c1-13(32)17-10-19-15(11-30(29-19)16-7-5-14(12-31)6-8-16)9-20(17)28-22(33)18-3-2-4-21(27-18)23(24,25)26/h2-4,9-11,14,16,31H,5-8,12H2,1H3,(H,28,33). The molecule has 2 aromatic heterocycles. The molecule has 1 aromatic carbocycles. The van der Waals surface area contributed by atoms with E-state index < -0.39 is 23.5 Å². The predicted molar refractivity (Wildman–Crippen MR) is 115 cm³/mol. The fraction of sp³-hybridized carbons (Fsp3) is 0.391. The van der Waals surface area contributed by atoms with E-state index in [0.29, 0.717) is 16.8 Å². The second-order valence-corrected chi connectivity index (χ2v) is 8.34. The van der Waals surface area contributed by atoms with Crippen LogP contribution in [0.15, 0.2) is 36.5 Å². The van der Waals surface area contributed by atoms with Crippen molar-refractivity contribution >= 4 is 28.3 Å². The number of halogens is 3. The first-order valence-electron chi connectivity index (χ1n) is 10.7. The number of nitrogens with zero attached hydrogens (tertiary/aromatic N) is 3. The Morgan fingerprint density at radius 1 is 1.18 bits per heavy atom. The smallest absolute Gasteiger partial charge is 0.396 e. The van der Waals surface area contributed by atoms with E-state index in [1.165, 1.54) is 13.0 Å². The number of pyridine rings is 1. The lowest BCUT2D eigenvalue weighted by Gasteiger charge is -2.27. The van der Waals surface area contributed by atoms with Gasteiger partial charge in [-0.05, 0) is 62.8 Å². The summed E-state index contributed by atoms with van der Waals surface area (Å²) in [6.45, 7) is 1.52. The second-order valence-electron chi connectivity index (χ2n) is 8.34. The maximum absolute atomic E-state index is 12.9. The lowest BCUT2D eigenvalue weighted by molar-refractivity contribution is -0.141. The van der Waals surface area contributed by atoms with Crippen molar-refractivity contribution in [1.29, 1.82) is 0 Å². The number of ketones is 1. The molecule has 0 unspecified atom stereocenters. The molecule has 1 amide bonds. The van der Waals surface area contributed by atoms with Gasteiger partial charge in [-0.3, -0.25) is 14.3 Å². The highest BCUT2D eigenvalue weighted by atomic mass is 19.4. The predicted octanol–water partition coefficient (Wildman–Crippen LogP) is 4.63. The number of hydrogen-bond acceptors (Lipinski definition) is 5. The van der Waals surface area contributed by atoms with Crippen LogP contribution in [0.2, 0.25) is 0 Å². The first-order chi connectivity index (χ1) is 15.7. The summed E-state index contributed by atoms with van der Waals surface area (Å²) in [6.07, 6.45) is 0.724. The number of carbonyl (C=O) groups is 2.